The number of aliphatic carboxylic acids is 1. The molecule has 0 radical (unpaired) electrons. The summed E-state index contributed by atoms with van der Waals surface area (Å²) >= 11 is 0. The van der Waals surface area contributed by atoms with Gasteiger partial charge in [0.05, 0.1) is 4.90 Å². The van der Waals surface area contributed by atoms with Gasteiger partial charge in [0.15, 0.2) is 15.1 Å². The van der Waals surface area contributed by atoms with E-state index in [4.69, 9.17) is 10.2 Å². The van der Waals surface area contributed by atoms with Crippen LogP contribution in [0.4, 0.5) is 0 Å². The van der Waals surface area contributed by atoms with Crippen LogP contribution in [0.25, 0.3) is 0 Å². The van der Waals surface area contributed by atoms with E-state index in [0.29, 0.717) is 0 Å². The third-order valence-corrected chi connectivity index (χ3v) is 4.23. The van der Waals surface area contributed by atoms with Gasteiger partial charge in [-0.1, -0.05) is 18.2 Å². The second-order valence-corrected chi connectivity index (χ2v) is 5.33. The second-order valence-electron chi connectivity index (χ2n) is 3.20. The maximum Gasteiger partial charge on any atom is 0.322 e. The van der Waals surface area contributed by atoms with Crippen molar-refractivity contribution in [2.24, 2.45) is 0 Å². The van der Waals surface area contributed by atoms with Gasteiger partial charge >= 0.3 is 5.97 Å². The van der Waals surface area contributed by atoms with E-state index in [1.807, 2.05) is 0 Å². The van der Waals surface area contributed by atoms with Gasteiger partial charge in [-0.25, -0.2) is 8.42 Å². The minimum Gasteiger partial charge on any atom is -0.480 e. The largest absolute Gasteiger partial charge is 0.480 e. The number of aliphatic hydroxyl groups excluding tert-OH is 1. The molecule has 0 saturated heterocycles. The molecule has 0 aromatic heterocycles. The van der Waals surface area contributed by atoms with Crippen molar-refractivity contribution >= 4 is 15.8 Å². The lowest BCUT2D eigenvalue weighted by Gasteiger charge is -2.11. The van der Waals surface area contributed by atoms with Gasteiger partial charge in [0.1, 0.15) is 0 Å². The molecular formula is C10H12O5S. The zero-order valence-corrected chi connectivity index (χ0v) is 9.22. The molecule has 1 rings (SSSR count). The van der Waals surface area contributed by atoms with Crippen LogP contribution < -0.4 is 0 Å². The van der Waals surface area contributed by atoms with Crippen molar-refractivity contribution < 1.29 is 23.4 Å². The molecule has 1 aromatic rings. The van der Waals surface area contributed by atoms with E-state index in [-0.39, 0.29) is 11.3 Å². The molecule has 6 heteroatoms. The van der Waals surface area contributed by atoms with Gasteiger partial charge in [-0.05, 0) is 18.6 Å². The maximum absolute atomic E-state index is 11.9. The molecule has 0 aliphatic carbocycles. The molecule has 16 heavy (non-hydrogen) atoms. The highest BCUT2D eigenvalue weighted by Crippen LogP contribution is 2.18. The van der Waals surface area contributed by atoms with E-state index in [2.05, 4.69) is 0 Å². The Bertz CT molecular complexity index is 451. The number of hydrogen-bond donors (Lipinski definition) is 2. The van der Waals surface area contributed by atoms with Crippen LogP contribution in [0, 0.1) is 0 Å². The van der Waals surface area contributed by atoms with E-state index in [9.17, 15) is 13.2 Å². The summed E-state index contributed by atoms with van der Waals surface area (Å²) in [5.41, 5.74) is 0. The lowest BCUT2D eigenvalue weighted by molar-refractivity contribution is -0.136. The Morgan fingerprint density at radius 3 is 2.25 bits per heavy atom. The second kappa shape index (κ2) is 5.09. The van der Waals surface area contributed by atoms with Crippen LogP contribution in [0.15, 0.2) is 35.2 Å². The summed E-state index contributed by atoms with van der Waals surface area (Å²) in [6, 6.07) is 7.35. The Balaban J connectivity index is 3.14. The summed E-state index contributed by atoms with van der Waals surface area (Å²) in [6.45, 7) is -0.483. The van der Waals surface area contributed by atoms with Crippen LogP contribution in [0.3, 0.4) is 0 Å². The minimum absolute atomic E-state index is 0.0455. The average molecular weight is 244 g/mol. The Labute approximate surface area is 93.3 Å². The van der Waals surface area contributed by atoms with E-state index < -0.39 is 27.7 Å². The number of aliphatic hydroxyl groups is 1. The standard InChI is InChI=1S/C10H12O5S/c11-7-6-9(10(12)13)16(14,15)8-4-2-1-3-5-8/h1-5,9,11H,6-7H2,(H,12,13). The molecule has 0 heterocycles. The van der Waals surface area contributed by atoms with Crippen LogP contribution >= 0.6 is 0 Å². The molecular weight excluding hydrogens is 232 g/mol. The van der Waals surface area contributed by atoms with Crippen LogP contribution in [0.5, 0.6) is 0 Å². The Kier molecular flexibility index (Phi) is 4.03. The van der Waals surface area contributed by atoms with Crippen LogP contribution in [0.2, 0.25) is 0 Å². The summed E-state index contributed by atoms with van der Waals surface area (Å²) in [7, 11) is -3.92. The maximum atomic E-state index is 11.9. The summed E-state index contributed by atoms with van der Waals surface area (Å²) < 4.78 is 23.7. The van der Waals surface area contributed by atoms with Gasteiger partial charge in [-0.2, -0.15) is 0 Å². The van der Waals surface area contributed by atoms with E-state index in [0.717, 1.165) is 0 Å². The Hall–Kier alpha value is -1.40. The fraction of sp³-hybridized carbons (Fsp3) is 0.300. The van der Waals surface area contributed by atoms with E-state index in [1.165, 1.54) is 24.3 Å². The first-order chi connectivity index (χ1) is 7.50. The number of rotatable bonds is 5. The molecule has 0 aliphatic heterocycles. The van der Waals surface area contributed by atoms with Crippen LogP contribution in [-0.2, 0) is 14.6 Å². The molecule has 0 bridgehead atoms. The molecule has 5 nitrogen and oxygen atoms in total. The number of sulfone groups is 1. The fourth-order valence-electron chi connectivity index (χ4n) is 1.30. The van der Waals surface area contributed by atoms with Crippen molar-refractivity contribution in [2.45, 2.75) is 16.6 Å². The molecule has 0 saturated carbocycles. The molecule has 2 N–H and O–H groups in total. The minimum atomic E-state index is -3.92. The van der Waals surface area contributed by atoms with Crippen LogP contribution in [-0.4, -0.2) is 36.5 Å². The predicted molar refractivity (Wildman–Crippen MR) is 56.8 cm³/mol. The number of benzene rings is 1. The van der Waals surface area contributed by atoms with Crippen LogP contribution in [0.1, 0.15) is 6.42 Å². The monoisotopic (exact) mass is 244 g/mol. The number of carboxylic acids is 1. The highest BCUT2D eigenvalue weighted by atomic mass is 32.2. The fourth-order valence-corrected chi connectivity index (χ4v) is 2.85. The van der Waals surface area contributed by atoms with E-state index in [1.54, 1.807) is 6.07 Å². The van der Waals surface area contributed by atoms with Gasteiger partial charge in [0.25, 0.3) is 0 Å². The third kappa shape index (κ3) is 2.59. The molecule has 0 fully saturated rings. The average Bonchev–Trinajstić information content (AvgIpc) is 2.26. The smallest absolute Gasteiger partial charge is 0.322 e. The zero-order valence-electron chi connectivity index (χ0n) is 8.41. The van der Waals surface area contributed by atoms with E-state index >= 15 is 0 Å². The summed E-state index contributed by atoms with van der Waals surface area (Å²) in [5, 5.41) is 15.9. The first kappa shape index (κ1) is 12.7. The van der Waals surface area contributed by atoms with Crippen molar-refractivity contribution in [3.05, 3.63) is 30.3 Å². The summed E-state index contributed by atoms with van der Waals surface area (Å²) in [5.74, 6) is -1.45. The number of carbonyl (C=O) groups is 1. The first-order valence-corrected chi connectivity index (χ1v) is 6.17. The van der Waals surface area contributed by atoms with Crippen molar-refractivity contribution in [1.82, 2.24) is 0 Å². The zero-order chi connectivity index (χ0) is 12.2. The van der Waals surface area contributed by atoms with Gasteiger partial charge in [0.2, 0.25) is 0 Å². The lowest BCUT2D eigenvalue weighted by Crippen LogP contribution is -2.31. The SMILES string of the molecule is O=C(O)C(CCO)S(=O)(=O)c1ccccc1. The Morgan fingerprint density at radius 2 is 1.81 bits per heavy atom. The van der Waals surface area contributed by atoms with Gasteiger partial charge in [0, 0.05) is 6.61 Å². The van der Waals surface area contributed by atoms with Crippen molar-refractivity contribution in [3.8, 4) is 0 Å². The third-order valence-electron chi connectivity index (χ3n) is 2.11. The molecule has 0 aliphatic rings. The van der Waals surface area contributed by atoms with Gasteiger partial charge < -0.3 is 10.2 Å². The first-order valence-electron chi connectivity index (χ1n) is 4.62. The molecule has 0 spiro atoms. The lowest BCUT2D eigenvalue weighted by atomic mass is 10.3. The van der Waals surface area contributed by atoms with Gasteiger partial charge in [-0.15, -0.1) is 0 Å². The highest BCUT2D eigenvalue weighted by molar-refractivity contribution is 7.92. The normalized spacial score (nSPS) is 13.3. The number of carboxylic acid groups (broad SMARTS) is 1. The molecule has 1 atom stereocenters. The quantitative estimate of drug-likeness (QED) is 0.777. The van der Waals surface area contributed by atoms with Crippen molar-refractivity contribution in [1.29, 1.82) is 0 Å². The molecule has 1 aromatic carbocycles. The number of hydrogen-bond acceptors (Lipinski definition) is 4. The predicted octanol–water partition coefficient (Wildman–Crippen LogP) is 0.296. The molecule has 0 amide bonds. The Morgan fingerprint density at radius 1 is 1.25 bits per heavy atom. The summed E-state index contributed by atoms with van der Waals surface area (Å²) in [4.78, 5) is 10.8. The summed E-state index contributed by atoms with van der Waals surface area (Å²) in [6.07, 6.45) is -0.313. The molecule has 88 valence electrons. The van der Waals surface area contributed by atoms with Crippen molar-refractivity contribution in [3.63, 3.8) is 0 Å². The topological polar surface area (TPSA) is 91.7 Å². The highest BCUT2D eigenvalue weighted by Gasteiger charge is 2.33. The van der Waals surface area contributed by atoms with Gasteiger partial charge in [-0.3, -0.25) is 4.79 Å². The van der Waals surface area contributed by atoms with Crippen molar-refractivity contribution in [2.75, 3.05) is 6.61 Å². The molecule has 1 unspecified atom stereocenters.